The Labute approximate surface area is 466 Å². The summed E-state index contributed by atoms with van der Waals surface area (Å²) in [5.74, 6) is -10.1. The molecule has 0 saturated carbocycles. The van der Waals surface area contributed by atoms with E-state index >= 15 is 0 Å². The van der Waals surface area contributed by atoms with Crippen molar-refractivity contribution in [3.05, 3.63) is 0 Å². The lowest BCUT2D eigenvalue weighted by atomic mass is 10.0. The molecule has 1 saturated heterocycles. The molecule has 0 spiro atoms. The summed E-state index contributed by atoms with van der Waals surface area (Å²) in [4.78, 5) is 151. The summed E-state index contributed by atoms with van der Waals surface area (Å²) in [6.07, 6.45) is -0.0300. The van der Waals surface area contributed by atoms with Gasteiger partial charge in [0.1, 0.15) is 60.4 Å². The number of aliphatic hydroxyl groups is 3. The van der Waals surface area contributed by atoms with Crippen LogP contribution in [0.4, 0.5) is 0 Å². The molecule has 1 rings (SSSR count). The van der Waals surface area contributed by atoms with Crippen molar-refractivity contribution in [1.29, 1.82) is 0 Å². The lowest BCUT2D eigenvalue weighted by Crippen LogP contribution is -2.60. The molecule has 10 amide bonds. The van der Waals surface area contributed by atoms with Crippen LogP contribution in [-0.2, 0) is 52.7 Å². The van der Waals surface area contributed by atoms with Crippen LogP contribution in [0.25, 0.3) is 0 Å². The van der Waals surface area contributed by atoms with Crippen molar-refractivity contribution in [3.8, 4) is 0 Å². The Kier molecular flexibility index (Phi) is 31.2. The monoisotopic (exact) mass is 1140 g/mol. The van der Waals surface area contributed by atoms with Crippen molar-refractivity contribution in [2.75, 3.05) is 53.9 Å². The second-order valence-corrected chi connectivity index (χ2v) is 21.1. The molecule has 0 radical (unpaired) electrons. The van der Waals surface area contributed by atoms with E-state index in [0.29, 0.717) is 49.7 Å². The number of unbranched alkanes of at least 4 members (excludes halogenated alkanes) is 2. The lowest BCUT2D eigenvalue weighted by molar-refractivity contribution is -0.870. The number of carbonyl (C=O) groups is 11. The predicted molar refractivity (Wildman–Crippen MR) is 290 cm³/mol. The number of amides is 10. The number of rotatable bonds is 36. The average molecular weight is 1140 g/mol. The summed E-state index contributed by atoms with van der Waals surface area (Å²) in [5, 5.41) is 61.3. The van der Waals surface area contributed by atoms with Crippen LogP contribution < -0.4 is 70.8 Å². The molecule has 1 heterocycles. The second kappa shape index (κ2) is 35.0. The van der Waals surface area contributed by atoms with Gasteiger partial charge in [-0.05, 0) is 112 Å². The minimum atomic E-state index is -1.67. The van der Waals surface area contributed by atoms with Gasteiger partial charge in [0.25, 0.3) is 0 Å². The number of aliphatic imine (C=N–C) groups is 1. The van der Waals surface area contributed by atoms with Crippen LogP contribution in [0.1, 0.15) is 106 Å². The van der Waals surface area contributed by atoms with Gasteiger partial charge in [0.05, 0.1) is 46.5 Å². The lowest BCUT2D eigenvalue weighted by Gasteiger charge is -2.29. The van der Waals surface area contributed by atoms with Crippen LogP contribution in [0.2, 0.25) is 0 Å². The smallest absolute Gasteiger partial charge is 0.328 e. The highest BCUT2D eigenvalue weighted by molar-refractivity contribution is 5.99. The first-order chi connectivity index (χ1) is 37.3. The van der Waals surface area contributed by atoms with Crippen molar-refractivity contribution in [1.82, 2.24) is 52.8 Å². The summed E-state index contributed by atoms with van der Waals surface area (Å²) in [6, 6.07) is -14.8. The number of hydrogen-bond acceptors (Lipinski definition) is 17. The number of nitrogens with one attached hydrogen (secondary N) is 9. The fraction of sp³-hybridized carbons (Fsp3) is 0.755. The molecule has 0 aromatic heterocycles. The molecule has 0 aromatic rings. The number of aliphatic hydroxyl groups excluding tert-OH is 3. The van der Waals surface area contributed by atoms with Gasteiger partial charge in [-0.25, -0.2) is 4.79 Å². The van der Waals surface area contributed by atoms with E-state index in [0.717, 1.165) is 6.92 Å². The molecule has 0 aromatic carbocycles. The number of quaternary nitrogens is 1. The van der Waals surface area contributed by atoms with E-state index in [1.807, 2.05) is 21.1 Å². The van der Waals surface area contributed by atoms with Crippen molar-refractivity contribution in [3.63, 3.8) is 0 Å². The van der Waals surface area contributed by atoms with Crippen molar-refractivity contribution in [2.24, 2.45) is 27.9 Å². The van der Waals surface area contributed by atoms with Crippen molar-refractivity contribution < 1.29 is 77.6 Å². The van der Waals surface area contributed by atoms with Gasteiger partial charge >= 0.3 is 5.97 Å². The van der Waals surface area contributed by atoms with Gasteiger partial charge in [-0.3, -0.25) is 52.9 Å². The first kappa shape index (κ1) is 71.2. The summed E-state index contributed by atoms with van der Waals surface area (Å²) in [7, 11) is 5.88. The molecule has 21 N–H and O–H groups in total. The summed E-state index contributed by atoms with van der Waals surface area (Å²) < 4.78 is 0.573. The second-order valence-electron chi connectivity index (χ2n) is 21.1. The molecule has 0 bridgehead atoms. The maximum atomic E-state index is 14.2. The normalized spacial score (nSPS) is 17.8. The highest BCUT2D eigenvalue weighted by atomic mass is 16.4. The first-order valence-corrected chi connectivity index (χ1v) is 26.8. The van der Waals surface area contributed by atoms with Gasteiger partial charge < -0.3 is 101 Å². The highest BCUT2D eigenvalue weighted by Gasteiger charge is 2.39. The number of likely N-dealkylation sites (tertiary alicyclic amines) is 1. The third-order valence-electron chi connectivity index (χ3n) is 12.9. The van der Waals surface area contributed by atoms with Gasteiger partial charge in [0.2, 0.25) is 59.1 Å². The molecule has 80 heavy (non-hydrogen) atoms. The van der Waals surface area contributed by atoms with Gasteiger partial charge in [-0.15, -0.1) is 0 Å². The van der Waals surface area contributed by atoms with Gasteiger partial charge in [0, 0.05) is 13.1 Å². The van der Waals surface area contributed by atoms with E-state index in [1.54, 1.807) is 0 Å². The van der Waals surface area contributed by atoms with Crippen LogP contribution in [0.3, 0.4) is 0 Å². The minimum Gasteiger partial charge on any atom is -0.480 e. The zero-order chi connectivity index (χ0) is 61.2. The van der Waals surface area contributed by atoms with E-state index in [9.17, 15) is 73.2 Å². The molecule has 31 heteroatoms. The number of carboxylic acids is 1. The number of guanidine groups is 1. The fourth-order valence-electron chi connectivity index (χ4n) is 8.01. The standard InChI is InChI=1S/C49H90N16O15/c1-25(56-41(72)31(16-10-12-20-50)61-46(77)36(51)29(5)67)38(69)55-26(2)39(70)59-33(18-14-21-54-49(52)53)42(73)60-32(17-11-13-23-65(7,8)9)43(74)62-34(24-66)44(75)58-28(4)47(78)64-22-15-19-35(64)45(76)57-27(3)40(71)63-37(30(6)68)48(79)80/h25-37,66-68H,10-24,50-51H2,1-9H3,(H13-,52,53,54,55,56,57,58,59,60,61,62,63,69,70,71,72,73,74,75,76,77,79,80)/p+1/t25-,26-,27-,28-,29+,30+,31-,32-,33-,34-,35-,36-,37-/m0/s1. The van der Waals surface area contributed by atoms with E-state index in [2.05, 4.69) is 52.8 Å². The molecule has 1 aliphatic heterocycles. The van der Waals surface area contributed by atoms with Crippen molar-refractivity contribution >= 4 is 71.0 Å². The van der Waals surface area contributed by atoms with E-state index < -0.39 is 150 Å². The molecule has 0 unspecified atom stereocenters. The number of carbonyl (C=O) groups excluding carboxylic acids is 10. The largest absolute Gasteiger partial charge is 0.480 e. The van der Waals surface area contributed by atoms with Crippen LogP contribution in [0.5, 0.6) is 0 Å². The Bertz CT molecular complexity index is 2140. The summed E-state index contributed by atoms with van der Waals surface area (Å²) in [5.41, 5.74) is 22.3. The number of nitrogens with two attached hydrogens (primary N) is 4. The third kappa shape index (κ3) is 25.5. The molecular weight excluding hydrogens is 1050 g/mol. The number of aliphatic carboxylic acids is 1. The Morgan fingerprint density at radius 3 is 1.51 bits per heavy atom. The molecule has 31 nitrogen and oxygen atoms in total. The molecule has 0 aliphatic carbocycles. The Hall–Kier alpha value is -6.80. The average Bonchev–Trinajstić information content (AvgIpc) is 3.87. The zero-order valence-electron chi connectivity index (χ0n) is 47.5. The minimum absolute atomic E-state index is 0.0151. The fourth-order valence-corrected chi connectivity index (χ4v) is 8.01. The molecule has 1 fully saturated rings. The molecule has 13 atom stereocenters. The molecule has 1 aliphatic rings. The van der Waals surface area contributed by atoms with Crippen LogP contribution in [0, 0.1) is 0 Å². The van der Waals surface area contributed by atoms with Gasteiger partial charge in [0.15, 0.2) is 12.0 Å². The van der Waals surface area contributed by atoms with E-state index in [-0.39, 0.29) is 51.2 Å². The number of nitrogens with zero attached hydrogens (tertiary/aromatic N) is 3. The van der Waals surface area contributed by atoms with Gasteiger partial charge in [-0.1, -0.05) is 0 Å². The predicted octanol–water partition coefficient (Wildman–Crippen LogP) is -7.35. The highest BCUT2D eigenvalue weighted by Crippen LogP contribution is 2.19. The number of carboxylic acid groups (broad SMARTS) is 1. The maximum Gasteiger partial charge on any atom is 0.328 e. The first-order valence-electron chi connectivity index (χ1n) is 26.8. The number of hydrogen-bond donors (Lipinski definition) is 17. The van der Waals surface area contributed by atoms with Crippen LogP contribution >= 0.6 is 0 Å². The van der Waals surface area contributed by atoms with E-state index in [1.165, 1.54) is 39.5 Å². The maximum absolute atomic E-state index is 14.2. The van der Waals surface area contributed by atoms with Crippen LogP contribution in [-0.4, -0.2) is 233 Å². The zero-order valence-corrected chi connectivity index (χ0v) is 47.5. The summed E-state index contributed by atoms with van der Waals surface area (Å²) in [6.45, 7) is 7.84. The topological polar surface area (TPSA) is 497 Å². The van der Waals surface area contributed by atoms with E-state index in [4.69, 9.17) is 22.9 Å². The SMILES string of the molecule is C[C@H](NC(=O)[C@H](C)NC(=O)[C@H](CCCCN)NC(=O)[C@@H](N)[C@@H](C)O)C(=O)N[C@@H](CCCN=C(N)N)C(=O)N[C@@H](CCCC[N+](C)(C)C)C(=O)N[C@@H](CO)C(=O)N[C@@H](C)C(=O)N1CCC[C@H]1C(=O)N[C@@H](C)C(=O)N[C@H](C(=O)O)[C@@H](C)O. The van der Waals surface area contributed by atoms with Crippen LogP contribution in [0.15, 0.2) is 4.99 Å². The Morgan fingerprint density at radius 2 is 1.01 bits per heavy atom. The van der Waals surface area contributed by atoms with Crippen molar-refractivity contribution in [2.45, 2.75) is 184 Å². The molecular formula is C49H91N16O15+. The third-order valence-corrected chi connectivity index (χ3v) is 12.9. The molecule has 456 valence electrons. The Balaban J connectivity index is 3.27. The van der Waals surface area contributed by atoms with Gasteiger partial charge in [-0.2, -0.15) is 0 Å². The quantitative estimate of drug-likeness (QED) is 0.0120. The Morgan fingerprint density at radius 1 is 0.575 bits per heavy atom. The summed E-state index contributed by atoms with van der Waals surface area (Å²) >= 11 is 0.